The number of ether oxygens (including phenoxy) is 1. The lowest BCUT2D eigenvalue weighted by molar-refractivity contribution is -0.122. The predicted molar refractivity (Wildman–Crippen MR) is 88.5 cm³/mol. The van der Waals surface area contributed by atoms with E-state index in [4.69, 9.17) is 10.5 Å². The molecule has 1 amide bonds. The molecule has 4 nitrogen and oxygen atoms in total. The average molecular weight is 349 g/mol. The Bertz CT molecular complexity index is 658. The summed E-state index contributed by atoms with van der Waals surface area (Å²) in [6.07, 6.45) is -0.627. The highest BCUT2D eigenvalue weighted by Crippen LogP contribution is 2.24. The van der Waals surface area contributed by atoms with E-state index in [1.54, 1.807) is 19.1 Å². The van der Waals surface area contributed by atoms with E-state index in [1.165, 1.54) is 0 Å². The van der Waals surface area contributed by atoms with Crippen molar-refractivity contribution < 1.29 is 9.53 Å². The Balaban J connectivity index is 2.06. The smallest absolute Gasteiger partial charge is 0.265 e. The van der Waals surface area contributed by atoms with Crippen LogP contribution in [0.25, 0.3) is 0 Å². The topological polar surface area (TPSA) is 64.3 Å². The van der Waals surface area contributed by atoms with Crippen LogP contribution in [0.2, 0.25) is 0 Å². The van der Waals surface area contributed by atoms with Gasteiger partial charge in [0.05, 0.1) is 11.4 Å². The molecule has 1 atom stereocenters. The molecule has 0 radical (unpaired) electrons. The van der Waals surface area contributed by atoms with Crippen molar-refractivity contribution in [1.82, 2.24) is 0 Å². The van der Waals surface area contributed by atoms with Crippen LogP contribution < -0.4 is 15.8 Å². The van der Waals surface area contributed by atoms with Crippen molar-refractivity contribution in [2.75, 3.05) is 11.1 Å². The number of hydrogen-bond donors (Lipinski definition) is 2. The first kappa shape index (κ1) is 15.4. The number of anilines is 2. The Morgan fingerprint density at radius 2 is 2.00 bits per heavy atom. The molecule has 0 aliphatic heterocycles. The second-order valence-corrected chi connectivity index (χ2v) is 5.66. The minimum absolute atomic E-state index is 0.243. The predicted octanol–water partition coefficient (Wildman–Crippen LogP) is 3.75. The Labute approximate surface area is 132 Å². The highest BCUT2D eigenvalue weighted by molar-refractivity contribution is 9.10. The zero-order chi connectivity index (χ0) is 15.4. The lowest BCUT2D eigenvalue weighted by atomic mass is 10.2. The molecule has 110 valence electrons. The molecule has 0 bridgehead atoms. The van der Waals surface area contributed by atoms with E-state index in [2.05, 4.69) is 21.2 Å². The number of benzene rings is 2. The Morgan fingerprint density at radius 3 is 2.71 bits per heavy atom. The van der Waals surface area contributed by atoms with Crippen LogP contribution >= 0.6 is 15.9 Å². The van der Waals surface area contributed by atoms with Crippen LogP contribution in [-0.2, 0) is 4.79 Å². The Kier molecular flexibility index (Phi) is 4.85. The molecular formula is C16H17BrN2O2. The van der Waals surface area contributed by atoms with E-state index in [9.17, 15) is 4.79 Å². The van der Waals surface area contributed by atoms with E-state index < -0.39 is 6.10 Å². The standard InChI is InChI=1S/C16H17BrN2O2/c1-10-7-8-12(17)9-15(10)21-11(2)16(20)19-14-6-4-3-5-13(14)18/h3-9,11H,18H2,1-2H3,(H,19,20). The number of nitrogens with one attached hydrogen (secondary N) is 1. The molecule has 5 heteroatoms. The molecule has 1 unspecified atom stereocenters. The molecule has 0 aromatic heterocycles. The summed E-state index contributed by atoms with van der Waals surface area (Å²) < 4.78 is 6.62. The molecule has 2 aromatic carbocycles. The summed E-state index contributed by atoms with van der Waals surface area (Å²) in [7, 11) is 0. The fraction of sp³-hybridized carbons (Fsp3) is 0.188. The summed E-state index contributed by atoms with van der Waals surface area (Å²) in [5, 5.41) is 2.76. The summed E-state index contributed by atoms with van der Waals surface area (Å²) in [5.41, 5.74) is 7.88. The van der Waals surface area contributed by atoms with E-state index in [0.29, 0.717) is 17.1 Å². The van der Waals surface area contributed by atoms with Gasteiger partial charge >= 0.3 is 0 Å². The lowest BCUT2D eigenvalue weighted by Gasteiger charge is -2.17. The first-order valence-electron chi connectivity index (χ1n) is 6.55. The molecule has 0 fully saturated rings. The number of aryl methyl sites for hydroxylation is 1. The number of carbonyl (C=O) groups excluding carboxylic acids is 1. The van der Waals surface area contributed by atoms with Gasteiger partial charge in [-0.25, -0.2) is 0 Å². The number of para-hydroxylation sites is 2. The average Bonchev–Trinajstić information content (AvgIpc) is 2.45. The molecule has 21 heavy (non-hydrogen) atoms. The SMILES string of the molecule is Cc1ccc(Br)cc1OC(C)C(=O)Nc1ccccc1N. The van der Waals surface area contributed by atoms with Crippen molar-refractivity contribution in [3.63, 3.8) is 0 Å². The van der Waals surface area contributed by atoms with Crippen LogP contribution in [0.3, 0.4) is 0 Å². The van der Waals surface area contributed by atoms with Crippen molar-refractivity contribution in [3.05, 3.63) is 52.5 Å². The maximum Gasteiger partial charge on any atom is 0.265 e. The van der Waals surface area contributed by atoms with Crippen molar-refractivity contribution in [2.24, 2.45) is 0 Å². The first-order chi connectivity index (χ1) is 9.97. The number of rotatable bonds is 4. The van der Waals surface area contributed by atoms with Gasteiger partial charge in [-0.1, -0.05) is 34.1 Å². The van der Waals surface area contributed by atoms with Crippen LogP contribution in [0.15, 0.2) is 46.9 Å². The molecule has 0 saturated carbocycles. The summed E-state index contributed by atoms with van der Waals surface area (Å²) in [6, 6.07) is 12.8. The van der Waals surface area contributed by atoms with Gasteiger partial charge in [0.25, 0.3) is 5.91 Å². The summed E-state index contributed by atoms with van der Waals surface area (Å²) >= 11 is 3.39. The van der Waals surface area contributed by atoms with Crippen LogP contribution in [0.1, 0.15) is 12.5 Å². The Morgan fingerprint density at radius 1 is 1.29 bits per heavy atom. The summed E-state index contributed by atoms with van der Waals surface area (Å²) in [4.78, 5) is 12.2. The molecular weight excluding hydrogens is 332 g/mol. The van der Waals surface area contributed by atoms with E-state index in [-0.39, 0.29) is 5.91 Å². The third-order valence-electron chi connectivity index (χ3n) is 3.04. The lowest BCUT2D eigenvalue weighted by Crippen LogP contribution is -2.30. The van der Waals surface area contributed by atoms with Gasteiger partial charge in [0.15, 0.2) is 6.10 Å². The van der Waals surface area contributed by atoms with Crippen molar-refractivity contribution in [2.45, 2.75) is 20.0 Å². The van der Waals surface area contributed by atoms with E-state index in [0.717, 1.165) is 10.0 Å². The largest absolute Gasteiger partial charge is 0.481 e. The van der Waals surface area contributed by atoms with E-state index in [1.807, 2.05) is 37.3 Å². The molecule has 0 aliphatic carbocycles. The maximum atomic E-state index is 12.2. The minimum Gasteiger partial charge on any atom is -0.481 e. The van der Waals surface area contributed by atoms with Gasteiger partial charge in [-0.2, -0.15) is 0 Å². The monoisotopic (exact) mass is 348 g/mol. The number of nitrogens with two attached hydrogens (primary N) is 1. The number of nitrogen functional groups attached to an aromatic ring is 1. The van der Waals surface area contributed by atoms with E-state index >= 15 is 0 Å². The molecule has 2 rings (SSSR count). The molecule has 0 aliphatic rings. The first-order valence-corrected chi connectivity index (χ1v) is 7.35. The summed E-state index contributed by atoms with van der Waals surface area (Å²) in [6.45, 7) is 3.64. The van der Waals surface area contributed by atoms with Crippen LogP contribution in [-0.4, -0.2) is 12.0 Å². The van der Waals surface area contributed by atoms with Gasteiger partial charge in [-0.05, 0) is 43.7 Å². The third-order valence-corrected chi connectivity index (χ3v) is 3.54. The number of hydrogen-bond acceptors (Lipinski definition) is 3. The molecule has 0 spiro atoms. The van der Waals surface area contributed by atoms with Crippen LogP contribution in [0.5, 0.6) is 5.75 Å². The van der Waals surface area contributed by atoms with Gasteiger partial charge in [0.1, 0.15) is 5.75 Å². The highest BCUT2D eigenvalue weighted by atomic mass is 79.9. The number of amides is 1. The summed E-state index contributed by atoms with van der Waals surface area (Å²) in [5.74, 6) is 0.431. The van der Waals surface area contributed by atoms with Crippen LogP contribution in [0, 0.1) is 6.92 Å². The van der Waals surface area contributed by atoms with Crippen molar-refractivity contribution >= 4 is 33.2 Å². The number of halogens is 1. The fourth-order valence-electron chi connectivity index (χ4n) is 1.79. The zero-order valence-electron chi connectivity index (χ0n) is 11.9. The Hall–Kier alpha value is -2.01. The van der Waals surface area contributed by atoms with Gasteiger partial charge in [0, 0.05) is 4.47 Å². The second-order valence-electron chi connectivity index (χ2n) is 4.75. The van der Waals surface area contributed by atoms with Crippen molar-refractivity contribution in [3.8, 4) is 5.75 Å². The third kappa shape index (κ3) is 3.98. The maximum absolute atomic E-state index is 12.2. The molecule has 0 saturated heterocycles. The quantitative estimate of drug-likeness (QED) is 0.827. The second kappa shape index (κ2) is 6.63. The van der Waals surface area contributed by atoms with Gasteiger partial charge in [-0.15, -0.1) is 0 Å². The van der Waals surface area contributed by atoms with Gasteiger partial charge in [0.2, 0.25) is 0 Å². The van der Waals surface area contributed by atoms with Crippen LogP contribution in [0.4, 0.5) is 11.4 Å². The minimum atomic E-state index is -0.627. The van der Waals surface area contributed by atoms with Gasteiger partial charge < -0.3 is 15.8 Å². The highest BCUT2D eigenvalue weighted by Gasteiger charge is 2.16. The molecule has 2 aromatic rings. The van der Waals surface area contributed by atoms with Crippen molar-refractivity contribution in [1.29, 1.82) is 0 Å². The molecule has 0 heterocycles. The molecule has 3 N–H and O–H groups in total. The zero-order valence-corrected chi connectivity index (χ0v) is 13.5. The normalized spacial score (nSPS) is 11.8. The fourth-order valence-corrected chi connectivity index (χ4v) is 2.13. The van der Waals surface area contributed by atoms with Gasteiger partial charge in [-0.3, -0.25) is 4.79 Å². The number of carbonyl (C=O) groups is 1.